The summed E-state index contributed by atoms with van der Waals surface area (Å²) in [5, 5.41) is 0. The van der Waals surface area contributed by atoms with E-state index in [0.29, 0.717) is 23.9 Å². The number of phosphoric ester groups is 1. The molecule has 2 unspecified atom stereocenters. The Labute approximate surface area is 529 Å². The van der Waals surface area contributed by atoms with Crippen LogP contribution >= 0.6 is 7.82 Å². The molecule has 0 heterocycles. The van der Waals surface area contributed by atoms with E-state index in [-0.39, 0.29) is 32.0 Å². The second kappa shape index (κ2) is 65.3. The maximum absolute atomic E-state index is 12.9. The van der Waals surface area contributed by atoms with Gasteiger partial charge in [0.2, 0.25) is 0 Å². The molecule has 0 saturated carbocycles. The first kappa shape index (κ1) is 81.9. The number of nitrogens with zero attached hydrogens (tertiary/aromatic N) is 1. The molecule has 0 radical (unpaired) electrons. The lowest BCUT2D eigenvalue weighted by Crippen LogP contribution is -2.37. The van der Waals surface area contributed by atoms with E-state index in [1.165, 1.54) is 103 Å². The first-order valence-electron chi connectivity index (χ1n) is 34.6. The third-order valence-electron chi connectivity index (χ3n) is 14.4. The van der Waals surface area contributed by atoms with E-state index in [4.69, 9.17) is 18.5 Å². The van der Waals surface area contributed by atoms with Crippen LogP contribution in [0.1, 0.15) is 271 Å². The Bertz CT molecular complexity index is 1960. The molecule has 2 atom stereocenters. The molecule has 0 aliphatic heterocycles. The minimum Gasteiger partial charge on any atom is -0.462 e. The van der Waals surface area contributed by atoms with Gasteiger partial charge in [-0.2, -0.15) is 0 Å². The molecule has 1 N–H and O–H groups in total. The van der Waals surface area contributed by atoms with Gasteiger partial charge in [0.15, 0.2) is 6.10 Å². The Morgan fingerprint density at radius 1 is 0.360 bits per heavy atom. The third-order valence-corrected chi connectivity index (χ3v) is 15.3. The molecule has 0 rings (SSSR count). The van der Waals surface area contributed by atoms with Gasteiger partial charge in [0.1, 0.15) is 19.8 Å². The van der Waals surface area contributed by atoms with Gasteiger partial charge in [-0.15, -0.1) is 0 Å². The van der Waals surface area contributed by atoms with Gasteiger partial charge in [0.25, 0.3) is 0 Å². The summed E-state index contributed by atoms with van der Waals surface area (Å²) in [6.07, 6.45) is 96.7. The van der Waals surface area contributed by atoms with Crippen LogP contribution in [0.25, 0.3) is 0 Å². The molecule has 9 nitrogen and oxygen atoms in total. The van der Waals surface area contributed by atoms with E-state index in [0.717, 1.165) is 128 Å². The SMILES string of the molecule is CC/C=C\C/C=C\C/C=C\C/C=C\C/C=C\C/C=C\C/C=C\CCCCCCCCCCCCCCCCCCCCCC(=O)OC(COC(=O)CCCCCCC/C=C\C/C=C\C/C=C\C/C=C\C/C=C\CC)COP(=O)(O)OCC[N+](C)(C)C. The van der Waals surface area contributed by atoms with Crippen molar-refractivity contribution in [3.8, 4) is 0 Å². The van der Waals surface area contributed by atoms with E-state index >= 15 is 0 Å². The number of quaternary nitrogens is 1. The van der Waals surface area contributed by atoms with Crippen LogP contribution in [0.4, 0.5) is 0 Å². The standard InChI is InChI=1S/C76H128NO8P/c1-6-8-10-12-14-16-18-20-22-24-26-28-29-30-31-32-33-34-35-36-37-38-39-40-41-42-43-44-45-46-47-49-51-53-55-57-59-61-63-65-67-69-76(79)85-74(73-84-86(80,81)83-71-70-77(3,4)5)72-82-75(78)68-66-64-62-60-58-56-54-52-50-48-27-25-23-21-19-17-15-13-11-9-7-2/h8-11,14-17,20-23,26-28,30-31,33-34,36-37,48,52,54,74H,6-7,12-13,18-19,24-25,29,32,35,38-47,49-51,53,55-73H2,1-5H3/p+1/b10-8-,11-9-,16-14-,17-15-,22-20-,23-21-,28-26-,31-30-,34-33-,37-36-,48-27-,54-52-. The Hall–Kier alpha value is -4.11. The fraction of sp³-hybridized carbons (Fsp3) is 0.658. The maximum atomic E-state index is 12.9. The van der Waals surface area contributed by atoms with Crippen molar-refractivity contribution in [3.05, 3.63) is 146 Å². The molecule has 0 aliphatic carbocycles. The topological polar surface area (TPSA) is 108 Å². The van der Waals surface area contributed by atoms with Crippen LogP contribution in [0.2, 0.25) is 0 Å². The number of esters is 2. The second-order valence-electron chi connectivity index (χ2n) is 23.8. The molecule has 0 amide bonds. The number of hydrogen-bond donors (Lipinski definition) is 1. The van der Waals surface area contributed by atoms with Crippen LogP contribution in [-0.4, -0.2) is 74.9 Å². The Morgan fingerprint density at radius 2 is 0.628 bits per heavy atom. The summed E-state index contributed by atoms with van der Waals surface area (Å²) >= 11 is 0. The highest BCUT2D eigenvalue weighted by Gasteiger charge is 2.27. The van der Waals surface area contributed by atoms with E-state index in [9.17, 15) is 19.0 Å². The van der Waals surface area contributed by atoms with Crippen molar-refractivity contribution in [3.63, 3.8) is 0 Å². The fourth-order valence-electron chi connectivity index (χ4n) is 9.14. The van der Waals surface area contributed by atoms with Gasteiger partial charge < -0.3 is 18.9 Å². The summed E-state index contributed by atoms with van der Waals surface area (Å²) in [6.45, 7) is 4.18. The average molecular weight is 1220 g/mol. The normalized spacial score (nSPS) is 14.1. The highest BCUT2D eigenvalue weighted by Crippen LogP contribution is 2.43. The predicted octanol–water partition coefficient (Wildman–Crippen LogP) is 22.6. The summed E-state index contributed by atoms with van der Waals surface area (Å²) in [4.78, 5) is 35.8. The number of hydrogen-bond acceptors (Lipinski definition) is 7. The van der Waals surface area contributed by atoms with Crippen LogP contribution < -0.4 is 0 Å². The van der Waals surface area contributed by atoms with E-state index < -0.39 is 26.5 Å². The van der Waals surface area contributed by atoms with Gasteiger partial charge >= 0.3 is 19.8 Å². The van der Waals surface area contributed by atoms with Crippen LogP contribution in [0, 0.1) is 0 Å². The van der Waals surface area contributed by atoms with E-state index in [2.05, 4.69) is 160 Å². The number of ether oxygens (including phenoxy) is 2. The second-order valence-corrected chi connectivity index (χ2v) is 25.3. The van der Waals surface area contributed by atoms with Crippen LogP contribution in [-0.2, 0) is 32.7 Å². The van der Waals surface area contributed by atoms with Gasteiger partial charge in [-0.25, -0.2) is 4.57 Å². The van der Waals surface area contributed by atoms with Gasteiger partial charge in [-0.3, -0.25) is 18.6 Å². The third kappa shape index (κ3) is 69.0. The van der Waals surface area contributed by atoms with Crippen molar-refractivity contribution >= 4 is 19.8 Å². The molecule has 490 valence electrons. The minimum absolute atomic E-state index is 0.0229. The quantitative estimate of drug-likeness (QED) is 0.0211. The molecule has 0 saturated heterocycles. The number of phosphoric acid groups is 1. The summed E-state index contributed by atoms with van der Waals surface area (Å²) in [7, 11) is 1.46. The molecular formula is C76H129NO8P+. The van der Waals surface area contributed by atoms with Crippen LogP contribution in [0.15, 0.2) is 146 Å². The molecule has 0 aromatic rings. The lowest BCUT2D eigenvalue weighted by molar-refractivity contribution is -0.870. The van der Waals surface area contributed by atoms with Crippen molar-refractivity contribution in [2.45, 2.75) is 277 Å². The zero-order valence-electron chi connectivity index (χ0n) is 55.7. The number of unbranched alkanes of at least 4 members (excludes halogenated alkanes) is 24. The van der Waals surface area contributed by atoms with Gasteiger partial charge in [0, 0.05) is 12.8 Å². The highest BCUT2D eigenvalue weighted by molar-refractivity contribution is 7.47. The Morgan fingerprint density at radius 3 is 0.930 bits per heavy atom. The van der Waals surface area contributed by atoms with E-state index in [1.54, 1.807) is 0 Å². The highest BCUT2D eigenvalue weighted by atomic mass is 31.2. The molecule has 0 aliphatic rings. The first-order chi connectivity index (χ1) is 42.0. The number of carbonyl (C=O) groups excluding carboxylic acids is 2. The number of carbonyl (C=O) groups is 2. The summed E-state index contributed by atoms with van der Waals surface area (Å²) in [6, 6.07) is 0. The first-order valence-corrected chi connectivity index (χ1v) is 36.1. The number of likely N-dealkylation sites (N-methyl/N-ethyl adjacent to an activating group) is 1. The van der Waals surface area contributed by atoms with Gasteiger partial charge in [-0.05, 0) is 116 Å². The molecule has 0 aromatic carbocycles. The summed E-state index contributed by atoms with van der Waals surface area (Å²) in [5.74, 6) is -0.820. The summed E-state index contributed by atoms with van der Waals surface area (Å²) < 4.78 is 34.7. The van der Waals surface area contributed by atoms with Gasteiger partial charge in [0.05, 0.1) is 27.7 Å². The summed E-state index contributed by atoms with van der Waals surface area (Å²) in [5.41, 5.74) is 0. The lowest BCUT2D eigenvalue weighted by atomic mass is 10.0. The molecular weight excluding hydrogens is 1090 g/mol. The fourth-order valence-corrected chi connectivity index (χ4v) is 9.88. The predicted molar refractivity (Wildman–Crippen MR) is 371 cm³/mol. The van der Waals surface area contributed by atoms with Gasteiger partial charge in [-0.1, -0.05) is 288 Å². The van der Waals surface area contributed by atoms with Crippen molar-refractivity contribution in [1.82, 2.24) is 0 Å². The molecule has 86 heavy (non-hydrogen) atoms. The van der Waals surface area contributed by atoms with Crippen molar-refractivity contribution in [2.75, 3.05) is 47.5 Å². The Balaban J connectivity index is 4.02. The van der Waals surface area contributed by atoms with E-state index in [1.807, 2.05) is 21.1 Å². The number of allylic oxidation sites excluding steroid dienone is 24. The lowest BCUT2D eigenvalue weighted by Gasteiger charge is -2.24. The van der Waals surface area contributed by atoms with Crippen molar-refractivity contribution in [2.24, 2.45) is 0 Å². The average Bonchev–Trinajstić information content (AvgIpc) is 3.70. The van der Waals surface area contributed by atoms with Crippen LogP contribution in [0.5, 0.6) is 0 Å². The maximum Gasteiger partial charge on any atom is 0.472 e. The zero-order chi connectivity index (χ0) is 62.6. The molecule has 0 bridgehead atoms. The monoisotopic (exact) mass is 1210 g/mol. The minimum atomic E-state index is -4.40. The number of rotatable bonds is 62. The Kier molecular flexibility index (Phi) is 62.2. The molecule has 10 heteroatoms. The van der Waals surface area contributed by atoms with Crippen LogP contribution in [0.3, 0.4) is 0 Å². The molecule has 0 fully saturated rings. The zero-order valence-corrected chi connectivity index (χ0v) is 56.6. The largest absolute Gasteiger partial charge is 0.472 e. The smallest absolute Gasteiger partial charge is 0.462 e. The molecule has 0 aromatic heterocycles. The molecule has 0 spiro atoms. The van der Waals surface area contributed by atoms with Crippen molar-refractivity contribution < 1.29 is 42.1 Å². The van der Waals surface area contributed by atoms with Crippen molar-refractivity contribution in [1.29, 1.82) is 0 Å².